The van der Waals surface area contributed by atoms with Gasteiger partial charge in [-0.25, -0.2) is 4.79 Å². The lowest BCUT2D eigenvalue weighted by Gasteiger charge is -2.37. The van der Waals surface area contributed by atoms with E-state index in [1.807, 2.05) is 18.2 Å². The fourth-order valence-electron chi connectivity index (χ4n) is 5.73. The van der Waals surface area contributed by atoms with E-state index >= 15 is 0 Å². The molecule has 2 aromatic carbocycles. The van der Waals surface area contributed by atoms with Crippen molar-refractivity contribution in [3.8, 4) is 0 Å². The van der Waals surface area contributed by atoms with Crippen molar-refractivity contribution in [2.75, 3.05) is 0 Å². The van der Waals surface area contributed by atoms with Crippen LogP contribution in [0.15, 0.2) is 54.6 Å². The Kier molecular flexibility index (Phi) is 3.81. The number of ether oxygens (including phenoxy) is 2. The van der Waals surface area contributed by atoms with E-state index in [0.717, 1.165) is 12.8 Å². The number of esters is 2. The summed E-state index contributed by atoms with van der Waals surface area (Å²) in [7, 11) is 0. The van der Waals surface area contributed by atoms with Crippen LogP contribution >= 0.6 is 0 Å². The van der Waals surface area contributed by atoms with Gasteiger partial charge in [-0.3, -0.25) is 4.79 Å². The number of carbonyl (C=O) groups is 2. The van der Waals surface area contributed by atoms with Crippen molar-refractivity contribution in [3.63, 3.8) is 0 Å². The van der Waals surface area contributed by atoms with Gasteiger partial charge < -0.3 is 9.47 Å². The van der Waals surface area contributed by atoms with Crippen molar-refractivity contribution in [1.29, 1.82) is 0 Å². The summed E-state index contributed by atoms with van der Waals surface area (Å²) in [6.45, 7) is 1.43. The summed E-state index contributed by atoms with van der Waals surface area (Å²) in [6.07, 6.45) is 1.26. The number of hydrogen-bond acceptors (Lipinski definition) is 4. The Morgan fingerprint density at radius 2 is 1.56 bits per heavy atom. The molecule has 6 atom stereocenters. The monoisotopic (exact) mass is 362 g/mol. The predicted octanol–water partition coefficient (Wildman–Crippen LogP) is 3.75. The second-order valence-corrected chi connectivity index (χ2v) is 7.97. The Hall–Kier alpha value is -2.62. The molecule has 3 aliphatic rings. The molecule has 4 nitrogen and oxygen atoms in total. The highest BCUT2D eigenvalue weighted by Gasteiger charge is 2.63. The molecule has 138 valence electrons. The summed E-state index contributed by atoms with van der Waals surface area (Å²) in [5, 5.41) is 0. The van der Waals surface area contributed by atoms with Crippen LogP contribution in [0.3, 0.4) is 0 Å². The molecule has 0 radical (unpaired) electrons. The lowest BCUT2D eigenvalue weighted by Crippen LogP contribution is -2.44. The Bertz CT molecular complexity index is 890. The van der Waals surface area contributed by atoms with Gasteiger partial charge in [-0.1, -0.05) is 42.5 Å². The van der Waals surface area contributed by atoms with Crippen molar-refractivity contribution in [1.82, 2.24) is 0 Å². The fourth-order valence-corrected chi connectivity index (χ4v) is 5.73. The van der Waals surface area contributed by atoms with Gasteiger partial charge in [0.15, 0.2) is 0 Å². The zero-order valence-corrected chi connectivity index (χ0v) is 15.2. The summed E-state index contributed by atoms with van der Waals surface area (Å²) in [6, 6.07) is 17.6. The number of carbonyl (C=O) groups excluding carboxylic acids is 2. The molecule has 0 heterocycles. The first-order chi connectivity index (χ1) is 13.1. The van der Waals surface area contributed by atoms with E-state index in [4.69, 9.17) is 9.47 Å². The average Bonchev–Trinajstić information content (AvgIpc) is 3.32. The first-order valence-corrected chi connectivity index (χ1v) is 9.64. The Morgan fingerprint density at radius 3 is 2.33 bits per heavy atom. The van der Waals surface area contributed by atoms with E-state index in [1.165, 1.54) is 18.1 Å². The van der Waals surface area contributed by atoms with Gasteiger partial charge in [0.05, 0.1) is 5.56 Å². The largest absolute Gasteiger partial charge is 0.458 e. The van der Waals surface area contributed by atoms with Gasteiger partial charge in [-0.2, -0.15) is 0 Å². The van der Waals surface area contributed by atoms with Gasteiger partial charge in [-0.05, 0) is 47.9 Å². The van der Waals surface area contributed by atoms with Gasteiger partial charge >= 0.3 is 11.9 Å². The third kappa shape index (κ3) is 2.58. The molecule has 3 aliphatic carbocycles. The summed E-state index contributed by atoms with van der Waals surface area (Å²) in [4.78, 5) is 24.4. The van der Waals surface area contributed by atoms with E-state index in [9.17, 15) is 9.59 Å². The number of rotatable bonds is 3. The lowest BCUT2D eigenvalue weighted by atomic mass is 9.76. The van der Waals surface area contributed by atoms with Gasteiger partial charge in [0.25, 0.3) is 0 Å². The maximum Gasteiger partial charge on any atom is 0.338 e. The standard InChI is InChI=1S/C23H22O4/c1-13(24)26-22-19-12-18(17-11-15-9-5-6-10-16(15)20(17)19)21(22)27-23(25)14-7-3-2-4-8-14/h2-10,17-22H,11-12H2,1H3. The van der Waals surface area contributed by atoms with Crippen LogP contribution in [0.1, 0.15) is 40.7 Å². The van der Waals surface area contributed by atoms with Crippen LogP contribution in [0.2, 0.25) is 0 Å². The van der Waals surface area contributed by atoms with Crippen molar-refractivity contribution in [3.05, 3.63) is 71.3 Å². The van der Waals surface area contributed by atoms with E-state index < -0.39 is 0 Å². The third-order valence-corrected chi connectivity index (χ3v) is 6.61. The smallest absolute Gasteiger partial charge is 0.338 e. The van der Waals surface area contributed by atoms with Crippen LogP contribution in [-0.4, -0.2) is 24.1 Å². The van der Waals surface area contributed by atoms with Crippen LogP contribution in [0.25, 0.3) is 0 Å². The molecule has 0 aromatic heterocycles. The molecule has 0 aliphatic heterocycles. The van der Waals surface area contributed by atoms with E-state index in [-0.39, 0.29) is 36.0 Å². The van der Waals surface area contributed by atoms with Crippen LogP contribution < -0.4 is 0 Å². The van der Waals surface area contributed by atoms with E-state index in [1.54, 1.807) is 12.1 Å². The van der Waals surface area contributed by atoms with E-state index in [0.29, 0.717) is 17.4 Å². The molecule has 2 fully saturated rings. The normalized spacial score (nSPS) is 32.6. The zero-order valence-electron chi connectivity index (χ0n) is 15.2. The molecule has 0 N–H and O–H groups in total. The van der Waals surface area contributed by atoms with Crippen LogP contribution in [-0.2, 0) is 20.7 Å². The van der Waals surface area contributed by atoms with Gasteiger partial charge in [0, 0.05) is 18.8 Å². The first kappa shape index (κ1) is 16.5. The number of hydrogen-bond donors (Lipinski definition) is 0. The maximum atomic E-state index is 12.7. The SMILES string of the molecule is CC(=O)OC1C2CC(C3Cc4ccccc4C32)C1OC(=O)c1ccccc1. The molecular weight excluding hydrogens is 340 g/mol. The minimum absolute atomic E-state index is 0.223. The summed E-state index contributed by atoms with van der Waals surface area (Å²) < 4.78 is 11.6. The third-order valence-electron chi connectivity index (χ3n) is 6.61. The first-order valence-electron chi connectivity index (χ1n) is 9.64. The highest BCUT2D eigenvalue weighted by atomic mass is 16.6. The predicted molar refractivity (Wildman–Crippen MR) is 99.2 cm³/mol. The maximum absolute atomic E-state index is 12.7. The minimum atomic E-state index is -0.359. The van der Waals surface area contributed by atoms with Crippen molar-refractivity contribution >= 4 is 11.9 Å². The minimum Gasteiger partial charge on any atom is -0.458 e. The Morgan fingerprint density at radius 1 is 0.852 bits per heavy atom. The second-order valence-electron chi connectivity index (χ2n) is 7.97. The lowest BCUT2D eigenvalue weighted by molar-refractivity contribution is -0.158. The molecule has 2 saturated carbocycles. The zero-order chi connectivity index (χ0) is 18.5. The average molecular weight is 362 g/mol. The molecule has 2 bridgehead atoms. The molecule has 2 aromatic rings. The van der Waals surface area contributed by atoms with Crippen LogP contribution in [0, 0.1) is 17.8 Å². The summed E-state index contributed by atoms with van der Waals surface area (Å²) in [5.41, 5.74) is 3.31. The fraction of sp³-hybridized carbons (Fsp3) is 0.391. The quantitative estimate of drug-likeness (QED) is 0.781. The Balaban J connectivity index is 1.45. The molecule has 6 unspecified atom stereocenters. The molecule has 4 heteroatoms. The van der Waals surface area contributed by atoms with Crippen LogP contribution in [0.4, 0.5) is 0 Å². The molecular formula is C23H22O4. The summed E-state index contributed by atoms with van der Waals surface area (Å²) >= 11 is 0. The van der Waals surface area contributed by atoms with Gasteiger partial charge in [0.1, 0.15) is 12.2 Å². The number of benzene rings is 2. The highest BCUT2D eigenvalue weighted by Crippen LogP contribution is 2.62. The topological polar surface area (TPSA) is 52.6 Å². The van der Waals surface area contributed by atoms with E-state index in [2.05, 4.69) is 24.3 Å². The Labute approximate surface area is 158 Å². The molecule has 0 spiro atoms. The second kappa shape index (κ2) is 6.22. The van der Waals surface area contributed by atoms with Crippen LogP contribution in [0.5, 0.6) is 0 Å². The number of fused-ring (bicyclic) bond motifs is 7. The highest BCUT2D eigenvalue weighted by molar-refractivity contribution is 5.89. The molecule has 27 heavy (non-hydrogen) atoms. The van der Waals surface area contributed by atoms with Gasteiger partial charge in [0.2, 0.25) is 0 Å². The molecule has 0 amide bonds. The van der Waals surface area contributed by atoms with Crippen molar-refractivity contribution in [2.24, 2.45) is 17.8 Å². The summed E-state index contributed by atoms with van der Waals surface area (Å²) in [5.74, 6) is 0.689. The van der Waals surface area contributed by atoms with Crippen molar-refractivity contribution < 1.29 is 19.1 Å². The molecule has 0 saturated heterocycles. The molecule has 5 rings (SSSR count). The van der Waals surface area contributed by atoms with Gasteiger partial charge in [-0.15, -0.1) is 0 Å². The van der Waals surface area contributed by atoms with Crippen molar-refractivity contribution in [2.45, 2.75) is 37.9 Å².